The number of imidazole rings is 1. The summed E-state index contributed by atoms with van der Waals surface area (Å²) in [5, 5.41) is 0. The SMILES string of the molecule is CC(C)[C@H](C)C(=O)N1CCCC1c1ncc(Br)[nH]1. The van der Waals surface area contributed by atoms with Crippen molar-refractivity contribution in [2.75, 3.05) is 6.54 Å². The first-order valence-corrected chi connectivity index (χ1v) is 7.31. The Bertz CT molecular complexity index is 430. The second-order valence-electron chi connectivity index (χ2n) is 5.34. The van der Waals surface area contributed by atoms with E-state index in [1.54, 1.807) is 6.20 Å². The van der Waals surface area contributed by atoms with Crippen LogP contribution in [0.1, 0.15) is 45.5 Å². The number of aromatic amines is 1. The predicted molar refractivity (Wildman–Crippen MR) is 74.0 cm³/mol. The number of carbonyl (C=O) groups is 1. The third-order valence-corrected chi connectivity index (χ3v) is 4.21. The first-order valence-electron chi connectivity index (χ1n) is 6.51. The fraction of sp³-hybridized carbons (Fsp3) is 0.692. The van der Waals surface area contributed by atoms with E-state index in [0.717, 1.165) is 29.8 Å². The van der Waals surface area contributed by atoms with Crippen LogP contribution in [-0.2, 0) is 4.79 Å². The monoisotopic (exact) mass is 313 g/mol. The van der Waals surface area contributed by atoms with Crippen molar-refractivity contribution < 1.29 is 4.79 Å². The molecule has 2 rings (SSSR count). The maximum Gasteiger partial charge on any atom is 0.226 e. The van der Waals surface area contributed by atoms with Crippen molar-refractivity contribution in [3.8, 4) is 0 Å². The number of halogens is 1. The molecule has 0 radical (unpaired) electrons. The van der Waals surface area contributed by atoms with E-state index < -0.39 is 0 Å². The lowest BCUT2D eigenvalue weighted by Gasteiger charge is -2.27. The van der Waals surface area contributed by atoms with E-state index in [-0.39, 0.29) is 17.9 Å². The summed E-state index contributed by atoms with van der Waals surface area (Å²) in [4.78, 5) is 22.0. The number of likely N-dealkylation sites (tertiary alicyclic amines) is 1. The lowest BCUT2D eigenvalue weighted by Crippen LogP contribution is -2.36. The van der Waals surface area contributed by atoms with E-state index in [0.29, 0.717) is 5.92 Å². The van der Waals surface area contributed by atoms with Gasteiger partial charge in [-0.1, -0.05) is 20.8 Å². The molecule has 1 aromatic rings. The lowest BCUT2D eigenvalue weighted by atomic mass is 9.96. The molecule has 1 saturated heterocycles. The molecular formula is C13H20BrN3O. The number of H-pyrrole nitrogens is 1. The largest absolute Gasteiger partial charge is 0.335 e. The Labute approximate surface area is 116 Å². The van der Waals surface area contributed by atoms with Gasteiger partial charge in [-0.05, 0) is 34.7 Å². The topological polar surface area (TPSA) is 49.0 Å². The van der Waals surface area contributed by atoms with Crippen molar-refractivity contribution >= 4 is 21.8 Å². The summed E-state index contributed by atoms with van der Waals surface area (Å²) in [6.45, 7) is 7.05. The number of nitrogens with one attached hydrogen (secondary N) is 1. The van der Waals surface area contributed by atoms with Crippen LogP contribution in [0.5, 0.6) is 0 Å². The molecule has 0 spiro atoms. The van der Waals surface area contributed by atoms with Gasteiger partial charge in [0, 0.05) is 12.5 Å². The van der Waals surface area contributed by atoms with E-state index in [9.17, 15) is 4.79 Å². The van der Waals surface area contributed by atoms with Gasteiger partial charge in [0.25, 0.3) is 0 Å². The zero-order chi connectivity index (χ0) is 13.3. The number of nitrogens with zero attached hydrogens (tertiary/aromatic N) is 2. The molecule has 0 aromatic carbocycles. The molecule has 2 atom stereocenters. The van der Waals surface area contributed by atoms with Gasteiger partial charge in [0.15, 0.2) is 0 Å². The Balaban J connectivity index is 2.15. The molecule has 4 nitrogen and oxygen atoms in total. The minimum absolute atomic E-state index is 0.0732. The molecule has 0 aliphatic carbocycles. The van der Waals surface area contributed by atoms with E-state index in [1.165, 1.54) is 0 Å². The summed E-state index contributed by atoms with van der Waals surface area (Å²) in [5.41, 5.74) is 0. The van der Waals surface area contributed by atoms with Gasteiger partial charge in [0.1, 0.15) is 10.4 Å². The van der Waals surface area contributed by atoms with Crippen LogP contribution in [0.4, 0.5) is 0 Å². The van der Waals surface area contributed by atoms with E-state index in [2.05, 4.69) is 39.7 Å². The molecule has 18 heavy (non-hydrogen) atoms. The molecule has 0 saturated carbocycles. The maximum absolute atomic E-state index is 12.4. The number of aromatic nitrogens is 2. The number of carbonyl (C=O) groups excluding carboxylic acids is 1. The van der Waals surface area contributed by atoms with Crippen molar-refractivity contribution in [3.05, 3.63) is 16.6 Å². The third-order valence-electron chi connectivity index (χ3n) is 3.81. The van der Waals surface area contributed by atoms with Gasteiger partial charge in [-0.15, -0.1) is 0 Å². The highest BCUT2D eigenvalue weighted by atomic mass is 79.9. The van der Waals surface area contributed by atoms with Crippen molar-refractivity contribution in [3.63, 3.8) is 0 Å². The molecule has 1 aliphatic heterocycles. The number of rotatable bonds is 3. The third kappa shape index (κ3) is 2.60. The van der Waals surface area contributed by atoms with E-state index in [4.69, 9.17) is 0 Å². The van der Waals surface area contributed by atoms with Crippen LogP contribution in [0.15, 0.2) is 10.8 Å². The zero-order valence-corrected chi connectivity index (χ0v) is 12.7. The number of amides is 1. The van der Waals surface area contributed by atoms with Crippen LogP contribution in [-0.4, -0.2) is 27.3 Å². The number of hydrogen-bond acceptors (Lipinski definition) is 2. The van der Waals surface area contributed by atoms with Crippen molar-refractivity contribution in [1.29, 1.82) is 0 Å². The summed E-state index contributed by atoms with van der Waals surface area (Å²) in [6.07, 6.45) is 3.80. The van der Waals surface area contributed by atoms with Crippen LogP contribution >= 0.6 is 15.9 Å². The zero-order valence-electron chi connectivity index (χ0n) is 11.1. The van der Waals surface area contributed by atoms with Crippen molar-refractivity contribution in [1.82, 2.24) is 14.9 Å². The lowest BCUT2D eigenvalue weighted by molar-refractivity contribution is -0.137. The van der Waals surface area contributed by atoms with Gasteiger partial charge in [-0.2, -0.15) is 0 Å². The average molecular weight is 314 g/mol. The van der Waals surface area contributed by atoms with Gasteiger partial charge in [0.05, 0.1) is 12.2 Å². The van der Waals surface area contributed by atoms with Crippen molar-refractivity contribution in [2.24, 2.45) is 11.8 Å². The van der Waals surface area contributed by atoms with Gasteiger partial charge in [-0.3, -0.25) is 4.79 Å². The summed E-state index contributed by atoms with van der Waals surface area (Å²) in [7, 11) is 0. The molecule has 100 valence electrons. The van der Waals surface area contributed by atoms with Crippen LogP contribution in [0.25, 0.3) is 0 Å². The molecule has 5 heteroatoms. The first kappa shape index (κ1) is 13.6. The van der Waals surface area contributed by atoms with E-state index >= 15 is 0 Å². The predicted octanol–water partition coefficient (Wildman–Crippen LogP) is 3.13. The number of hydrogen-bond donors (Lipinski definition) is 1. The van der Waals surface area contributed by atoms with E-state index in [1.807, 2.05) is 11.8 Å². The van der Waals surface area contributed by atoms with Crippen molar-refractivity contribution in [2.45, 2.75) is 39.7 Å². The van der Waals surface area contributed by atoms with Crippen LogP contribution in [0.3, 0.4) is 0 Å². The second kappa shape index (κ2) is 5.43. The quantitative estimate of drug-likeness (QED) is 0.932. The summed E-state index contributed by atoms with van der Waals surface area (Å²) >= 11 is 3.37. The molecule has 0 bridgehead atoms. The second-order valence-corrected chi connectivity index (χ2v) is 6.19. The molecule has 1 aliphatic rings. The Kier molecular flexibility index (Phi) is 4.10. The highest BCUT2D eigenvalue weighted by Gasteiger charge is 2.34. The Hall–Kier alpha value is -0.840. The van der Waals surface area contributed by atoms with Gasteiger partial charge < -0.3 is 9.88 Å². The standard InChI is InChI=1S/C13H20BrN3O/c1-8(2)9(3)13(18)17-6-4-5-10(17)12-15-7-11(14)16-12/h7-10H,4-6H2,1-3H3,(H,15,16)/t9-,10?/m0/s1. The Morgan fingerprint density at radius 2 is 2.28 bits per heavy atom. The minimum atomic E-state index is 0.0732. The van der Waals surface area contributed by atoms with Crippen LogP contribution < -0.4 is 0 Å². The molecule has 1 fully saturated rings. The van der Waals surface area contributed by atoms with Gasteiger partial charge in [-0.25, -0.2) is 4.98 Å². The molecular weight excluding hydrogens is 294 g/mol. The molecule has 1 N–H and O–H groups in total. The normalized spacial score (nSPS) is 21.6. The Morgan fingerprint density at radius 3 is 2.83 bits per heavy atom. The fourth-order valence-corrected chi connectivity index (χ4v) is 2.65. The molecule has 2 heterocycles. The molecule has 1 unspecified atom stereocenters. The smallest absolute Gasteiger partial charge is 0.226 e. The Morgan fingerprint density at radius 1 is 1.56 bits per heavy atom. The van der Waals surface area contributed by atoms with Gasteiger partial charge >= 0.3 is 0 Å². The first-order chi connectivity index (χ1) is 8.50. The average Bonchev–Trinajstić information content (AvgIpc) is 2.94. The van der Waals surface area contributed by atoms with Crippen LogP contribution in [0, 0.1) is 11.8 Å². The molecule has 1 aromatic heterocycles. The highest BCUT2D eigenvalue weighted by Crippen LogP contribution is 2.32. The van der Waals surface area contributed by atoms with Gasteiger partial charge in [0.2, 0.25) is 5.91 Å². The van der Waals surface area contributed by atoms with Crippen LogP contribution in [0.2, 0.25) is 0 Å². The summed E-state index contributed by atoms with van der Waals surface area (Å²) in [6, 6.07) is 0.116. The molecule has 1 amide bonds. The minimum Gasteiger partial charge on any atom is -0.335 e. The summed E-state index contributed by atoms with van der Waals surface area (Å²) in [5.74, 6) is 1.59. The summed E-state index contributed by atoms with van der Waals surface area (Å²) < 4.78 is 0.869. The maximum atomic E-state index is 12.4. The highest BCUT2D eigenvalue weighted by molar-refractivity contribution is 9.10. The fourth-order valence-electron chi connectivity index (χ4n) is 2.34.